The highest BCUT2D eigenvalue weighted by Gasteiger charge is 2.37. The van der Waals surface area contributed by atoms with E-state index in [2.05, 4.69) is 158 Å². The van der Waals surface area contributed by atoms with Gasteiger partial charge in [-0.25, -0.2) is 0 Å². The number of aromatic hydroxyl groups is 1. The number of phenols is 1. The smallest absolute Gasteiger partial charge is 0.317 e. The molecule has 8 aromatic rings. The fraction of sp³-hybridized carbons (Fsp3) is 0.415. The molecule has 0 aromatic heterocycles. The van der Waals surface area contributed by atoms with Crippen LogP contribution in [0.3, 0.4) is 0 Å². The number of hydrogen-bond acceptors (Lipinski definition) is 15. The molecular formula is C123H170O15S. The summed E-state index contributed by atoms with van der Waals surface area (Å²) in [5.41, 5.74) is 33.5. The number of esters is 1. The Morgan fingerprint density at radius 3 is 0.784 bits per heavy atom. The van der Waals surface area contributed by atoms with Gasteiger partial charge in [-0.15, -0.1) is 0 Å². The Bertz CT molecular complexity index is 5760. The first kappa shape index (κ1) is 128. The molecule has 4 atom stereocenters. The second-order valence-electron chi connectivity index (χ2n) is 39.5. The normalized spacial score (nSPS) is 11.5. The van der Waals surface area contributed by atoms with Crippen LogP contribution in [0.25, 0.3) is 44.6 Å². The van der Waals surface area contributed by atoms with Gasteiger partial charge in [-0.2, -0.15) is 8.42 Å². The molecule has 0 bridgehead atoms. The number of benzene rings is 8. The summed E-state index contributed by atoms with van der Waals surface area (Å²) in [6.07, 6.45) is 0.618. The summed E-state index contributed by atoms with van der Waals surface area (Å²) in [7, 11) is -3.63. The molecule has 758 valence electrons. The number of ketones is 5. The minimum Gasteiger partial charge on any atom is -0.508 e. The number of allylic oxidation sites excluding steroid dienone is 18. The van der Waals surface area contributed by atoms with E-state index in [1.807, 2.05) is 189 Å². The van der Waals surface area contributed by atoms with E-state index in [0.29, 0.717) is 34.4 Å². The average molecular weight is 1920 g/mol. The maximum Gasteiger partial charge on any atom is 0.317 e. The topological polar surface area (TPSA) is 256 Å². The molecule has 16 heteroatoms. The van der Waals surface area contributed by atoms with Gasteiger partial charge >= 0.3 is 5.97 Å². The molecule has 0 aliphatic carbocycles. The zero-order valence-corrected chi connectivity index (χ0v) is 91.8. The highest BCUT2D eigenvalue weighted by molar-refractivity contribution is 7.86. The van der Waals surface area contributed by atoms with Crippen molar-refractivity contribution in [2.45, 2.75) is 319 Å². The fourth-order valence-electron chi connectivity index (χ4n) is 12.5. The zero-order chi connectivity index (χ0) is 106. The summed E-state index contributed by atoms with van der Waals surface area (Å²) < 4.78 is 33.0. The van der Waals surface area contributed by atoms with Crippen molar-refractivity contribution in [1.82, 2.24) is 0 Å². The molecule has 0 aliphatic rings. The first-order valence-corrected chi connectivity index (χ1v) is 49.3. The Morgan fingerprint density at radius 2 is 0.554 bits per heavy atom. The number of aliphatic hydroxyl groups excluding tert-OH is 2. The number of carbonyl (C=O) groups excluding carboxylic acids is 6. The molecule has 15 nitrogen and oxygen atoms in total. The van der Waals surface area contributed by atoms with Crippen LogP contribution >= 0.6 is 0 Å². The van der Waals surface area contributed by atoms with Crippen LogP contribution in [0.1, 0.15) is 410 Å². The van der Waals surface area contributed by atoms with Crippen molar-refractivity contribution in [3.8, 4) is 5.75 Å². The van der Waals surface area contributed by atoms with Crippen LogP contribution in [0.4, 0.5) is 0 Å². The first-order valence-electron chi connectivity index (χ1n) is 47.5. The van der Waals surface area contributed by atoms with Gasteiger partial charge in [0.05, 0.1) is 23.6 Å². The van der Waals surface area contributed by atoms with E-state index < -0.39 is 56.9 Å². The van der Waals surface area contributed by atoms with E-state index in [0.717, 1.165) is 62.8 Å². The summed E-state index contributed by atoms with van der Waals surface area (Å²) >= 11 is 0. The molecule has 8 aromatic carbocycles. The number of Topliss-reactive ketones (excluding diaryl/α,β-unsaturated/α-hetero) is 5. The number of rotatable bonds is 26. The highest BCUT2D eigenvalue weighted by Crippen LogP contribution is 2.32. The Hall–Kier alpha value is -11.2. The minimum absolute atomic E-state index is 0. The molecule has 0 heterocycles. The van der Waals surface area contributed by atoms with Crippen LogP contribution in [0, 0.1) is 17.8 Å². The van der Waals surface area contributed by atoms with Gasteiger partial charge in [0.25, 0.3) is 10.1 Å². The highest BCUT2D eigenvalue weighted by atomic mass is 32.2. The molecular weight excluding hydrogens is 1750 g/mol. The van der Waals surface area contributed by atoms with Gasteiger partial charge in [0.1, 0.15) is 17.3 Å². The molecule has 0 aliphatic heterocycles. The van der Waals surface area contributed by atoms with Crippen molar-refractivity contribution in [3.05, 3.63) is 333 Å². The molecule has 5 N–H and O–H groups in total. The van der Waals surface area contributed by atoms with Gasteiger partial charge in [-0.1, -0.05) is 267 Å². The Morgan fingerprint density at radius 1 is 0.324 bits per heavy atom. The first-order chi connectivity index (χ1) is 63.6. The molecule has 4 unspecified atom stereocenters. The Balaban J connectivity index is 0.00000158. The number of hydrogen-bond donors (Lipinski definition) is 5. The van der Waals surface area contributed by atoms with E-state index in [-0.39, 0.29) is 42.4 Å². The van der Waals surface area contributed by atoms with Gasteiger partial charge in [0, 0.05) is 51.6 Å². The van der Waals surface area contributed by atoms with Crippen LogP contribution in [0.15, 0.2) is 250 Å². The van der Waals surface area contributed by atoms with E-state index in [4.69, 9.17) is 24.2 Å². The zero-order valence-electron chi connectivity index (χ0n) is 91.0. The van der Waals surface area contributed by atoms with Crippen LogP contribution in [0.5, 0.6) is 5.75 Å². The molecule has 0 saturated heterocycles. The Labute approximate surface area is 838 Å². The van der Waals surface area contributed by atoms with Gasteiger partial charge in [-0.05, 0) is 361 Å². The third kappa shape index (κ3) is 44.0. The Kier molecular flexibility index (Phi) is 54.6. The van der Waals surface area contributed by atoms with E-state index >= 15 is 0 Å². The minimum atomic E-state index is -3.63. The van der Waals surface area contributed by atoms with Crippen LogP contribution < -0.4 is 0 Å². The number of aliphatic hydroxyl groups is 4. The van der Waals surface area contributed by atoms with Gasteiger partial charge < -0.3 is 30.3 Å². The van der Waals surface area contributed by atoms with Crippen molar-refractivity contribution in [2.24, 2.45) is 17.8 Å². The summed E-state index contributed by atoms with van der Waals surface area (Å²) in [5.74, 6) is -2.01. The molecule has 0 saturated carbocycles. The maximum absolute atomic E-state index is 12.6. The number of carbonyl (C=O) groups is 6. The van der Waals surface area contributed by atoms with E-state index in [1.54, 1.807) is 118 Å². The summed E-state index contributed by atoms with van der Waals surface area (Å²) in [6, 6.07) is 60.8. The third-order valence-corrected chi connectivity index (χ3v) is 25.6. The van der Waals surface area contributed by atoms with Crippen molar-refractivity contribution in [1.29, 1.82) is 0 Å². The van der Waals surface area contributed by atoms with Crippen molar-refractivity contribution < 1.29 is 71.6 Å². The fourth-order valence-corrected chi connectivity index (χ4v) is 13.5. The lowest BCUT2D eigenvalue weighted by molar-refractivity contribution is -0.157. The predicted molar refractivity (Wildman–Crippen MR) is 590 cm³/mol. The summed E-state index contributed by atoms with van der Waals surface area (Å²) in [6.45, 7) is 76.5. The predicted octanol–water partition coefficient (Wildman–Crippen LogP) is 32.2. The monoisotopic (exact) mass is 1920 g/mol. The molecule has 0 spiro atoms. The number of phenolic OH excluding ortho intramolecular Hbond substituents is 1. The molecule has 0 radical (unpaired) electrons. The lowest BCUT2D eigenvalue weighted by Crippen LogP contribution is -2.39. The second kappa shape index (κ2) is 59.4. The summed E-state index contributed by atoms with van der Waals surface area (Å²) in [5, 5.41) is 46.4. The second-order valence-corrected chi connectivity index (χ2v) is 41.1. The quantitative estimate of drug-likeness (QED) is 0.00843. The van der Waals surface area contributed by atoms with Crippen LogP contribution in [-0.4, -0.2) is 91.9 Å². The lowest BCUT2D eigenvalue weighted by atomic mass is 9.85. The maximum atomic E-state index is 12.6. The average Bonchev–Trinajstić information content (AvgIpc) is 0.808. The van der Waals surface area contributed by atoms with Crippen molar-refractivity contribution in [2.75, 3.05) is 6.26 Å². The summed E-state index contributed by atoms with van der Waals surface area (Å²) in [4.78, 5) is 72.7. The van der Waals surface area contributed by atoms with Gasteiger partial charge in [-0.3, -0.25) is 33.0 Å². The SMILES string of the molecule is C.CC(C)=C(C)C(=O)c1ccc(C(C)=C(C)C)cc1.CC(C)=C(C)c1ccc(C(=O)C(C)C(=O)OC(C)(C)C)cc1.CC(C)=C(C)c1ccc(C(=O)C(C)C(C)(C)O)cc1.CC(C)=C(C)c1ccc(C(=O)C(C)C(C)(C)OS(C)(=O)=O)cc1.CC(C)=C(C)c1ccc(C(O)O)cc1.CC(C)=C(C)c1ccc(O)cc1.CCC(=O)c1ccc(C(C)=C(C)C)cc1.CCC(O)c1ccc(C(C)=C(C)C)cc1. The molecule has 0 fully saturated rings. The van der Waals surface area contributed by atoms with E-state index in [1.165, 1.54) is 111 Å². The third-order valence-electron chi connectivity index (χ3n) is 24.9. The van der Waals surface area contributed by atoms with E-state index in [9.17, 15) is 47.4 Å². The lowest BCUT2D eigenvalue weighted by Gasteiger charge is -2.29. The molecule has 139 heavy (non-hydrogen) atoms. The standard InChI is InChI=1S/C19H26O3.C18H26O4S.C17H24O2.C17H22O.C14H20O.C14H18O.C12H16O2.C11H14O.CH4/c1-12(2)13(3)15-8-10-16(11-9-15)17(20)14(4)18(21)22-19(5,6)7;1-12(2)13(3)15-8-10-16(11-9-15)17(19)14(4)18(5,6)22-23(7,20)21;1-11(2)12(3)14-7-9-15(10-8-14)16(18)13(4)17(5,6)19;1-11(2)13(5)15-7-9-16(10-8-15)17(18)14(6)12(3)4;2*1-5-14(15)13-8-6-12(7-9-13)11(4)10(2)3;1-8(2)9(3)10-4-6-11(7-5-10)12(13)14;1-8(2)9(3)10-4-6-11(12)7-5-10;/h8-11,14H,1-7H3;8-11,14H,1-7H3;7-10,13,19H,1-6H3;7-10H,1-6H3;6-9,14-15H,5H2,1-4H3;6-9H,5H2,1-4H3;4-7,12-14H,1-3H3;4-7,12H,1-3H3;1H4. The largest absolute Gasteiger partial charge is 0.508 e. The molecule has 0 amide bonds. The number of ether oxygens (including phenoxy) is 1. The van der Waals surface area contributed by atoms with Crippen molar-refractivity contribution >= 4 is 89.6 Å². The molecule has 8 rings (SSSR count). The van der Waals surface area contributed by atoms with Gasteiger partial charge in [0.2, 0.25) is 0 Å². The van der Waals surface area contributed by atoms with Gasteiger partial charge in [0.15, 0.2) is 35.2 Å². The van der Waals surface area contributed by atoms with Crippen LogP contribution in [-0.2, 0) is 23.8 Å². The van der Waals surface area contributed by atoms with Crippen LogP contribution in [0.2, 0.25) is 0 Å². The van der Waals surface area contributed by atoms with Crippen molar-refractivity contribution in [3.63, 3.8) is 0 Å².